The lowest BCUT2D eigenvalue weighted by Gasteiger charge is -2.20. The minimum absolute atomic E-state index is 0.00324. The number of aromatic nitrogens is 2. The van der Waals surface area contributed by atoms with Crippen molar-refractivity contribution in [2.24, 2.45) is 0 Å². The van der Waals surface area contributed by atoms with Crippen LogP contribution in [0, 0.1) is 68.0 Å². The molecule has 4 aromatic rings. The number of nitrogens with zero attached hydrogens (tertiary/aromatic N) is 8. The van der Waals surface area contributed by atoms with E-state index in [9.17, 15) is 57.9 Å². The van der Waals surface area contributed by atoms with Crippen molar-refractivity contribution in [3.05, 3.63) is 128 Å². The molecule has 0 bridgehead atoms. The number of allylic oxidation sites excluding steroid dienone is 7. The zero-order valence-corrected chi connectivity index (χ0v) is 27.0. The molecule has 0 aliphatic heterocycles. The van der Waals surface area contributed by atoms with Crippen molar-refractivity contribution in [1.29, 1.82) is 31.6 Å². The van der Waals surface area contributed by atoms with E-state index in [-0.39, 0.29) is 96.9 Å². The lowest BCUT2D eigenvalue weighted by Crippen LogP contribution is -2.10. The number of hydrogen-bond acceptors (Lipinski definition) is 8. The van der Waals surface area contributed by atoms with Gasteiger partial charge >= 0.3 is 12.4 Å². The molecule has 1 aromatic heterocycles. The van der Waals surface area contributed by atoms with Crippen LogP contribution in [-0.2, 0) is 12.4 Å². The molecule has 3 aromatic carbocycles. The van der Waals surface area contributed by atoms with Crippen molar-refractivity contribution in [3.63, 3.8) is 0 Å². The highest BCUT2D eigenvalue weighted by molar-refractivity contribution is 6.08. The molecule has 0 spiro atoms. The normalized spacial score (nSPS) is 13.8. The zero-order chi connectivity index (χ0) is 38.7. The van der Waals surface area contributed by atoms with Crippen LogP contribution in [-0.4, -0.2) is 9.97 Å². The standard InChI is InChI=1S/C40H14F6N8/c41-39(42,43)31-9-19(13-47)1-5-25(31)21-3-7-27-29(11-21)33(23(15-49)16-50)37-35(27)53-38-34(24(17-51)18-52)30-12-22(4-8-28(30)36(38)54-37)26-6-2-20(14-48)10-32(26)40(44,45)46/h1-3,5-7,9-12H,4,8H2. The number of rotatable bonds is 2. The van der Waals surface area contributed by atoms with Crippen molar-refractivity contribution < 1.29 is 26.3 Å². The van der Waals surface area contributed by atoms with Crippen molar-refractivity contribution in [3.8, 4) is 58.8 Å². The number of alkyl halides is 6. The molecule has 0 radical (unpaired) electrons. The van der Waals surface area contributed by atoms with Gasteiger partial charge in [-0.3, -0.25) is 0 Å². The Labute approximate surface area is 301 Å². The molecular formula is C40H14F6N8. The molecule has 0 saturated heterocycles. The zero-order valence-electron chi connectivity index (χ0n) is 27.0. The maximum atomic E-state index is 14.2. The minimum Gasteiger partial charge on any atom is -0.243 e. The van der Waals surface area contributed by atoms with Crippen LogP contribution in [0.15, 0.2) is 77.4 Å². The molecule has 1 heterocycles. The summed E-state index contributed by atoms with van der Waals surface area (Å²) in [7, 11) is 0. The topological polar surface area (TPSA) is 169 Å². The van der Waals surface area contributed by atoms with E-state index in [1.54, 1.807) is 12.1 Å². The van der Waals surface area contributed by atoms with Gasteiger partial charge in [-0.15, -0.1) is 0 Å². The lowest BCUT2D eigenvalue weighted by molar-refractivity contribution is -0.138. The largest absolute Gasteiger partial charge is 0.417 e. The molecule has 0 unspecified atom stereocenters. The SMILES string of the molecule is N#CC(C#N)=C1C2=C(CCC(c3ccc(C#N)cc3C(F)(F)F)=C2)c2nc3c(nc21)-c1ccc(-c2ccc(C#N)cc2C(F)(F)F)cc1C3=C(C#N)C#N. The fraction of sp³-hybridized carbons (Fsp3) is 0.100. The summed E-state index contributed by atoms with van der Waals surface area (Å²) < 4.78 is 85.0. The first-order valence-electron chi connectivity index (χ1n) is 15.6. The molecule has 3 aliphatic carbocycles. The summed E-state index contributed by atoms with van der Waals surface area (Å²) in [5.41, 5.74) is -2.18. The smallest absolute Gasteiger partial charge is 0.243 e. The first kappa shape index (κ1) is 34.7. The average molecular weight is 721 g/mol. The van der Waals surface area contributed by atoms with Crippen LogP contribution in [0.5, 0.6) is 0 Å². The quantitative estimate of drug-likeness (QED) is 0.128. The van der Waals surface area contributed by atoms with Gasteiger partial charge in [-0.2, -0.15) is 57.9 Å². The van der Waals surface area contributed by atoms with Crippen LogP contribution in [0.25, 0.3) is 44.7 Å². The van der Waals surface area contributed by atoms with Gasteiger partial charge in [0.2, 0.25) is 0 Å². The number of nitriles is 6. The summed E-state index contributed by atoms with van der Waals surface area (Å²) >= 11 is 0. The van der Waals surface area contributed by atoms with Crippen molar-refractivity contribution in [1.82, 2.24) is 9.97 Å². The molecule has 256 valence electrons. The van der Waals surface area contributed by atoms with Crippen LogP contribution in [0.4, 0.5) is 26.3 Å². The third-order valence-corrected chi connectivity index (χ3v) is 9.27. The molecule has 0 amide bonds. The second kappa shape index (κ2) is 12.5. The molecule has 54 heavy (non-hydrogen) atoms. The monoisotopic (exact) mass is 720 g/mol. The van der Waals surface area contributed by atoms with E-state index in [0.29, 0.717) is 11.6 Å². The van der Waals surface area contributed by atoms with Gasteiger partial charge in [0.1, 0.15) is 35.4 Å². The molecule has 3 aliphatic rings. The number of hydrogen-bond donors (Lipinski definition) is 0. The molecule has 0 N–H and O–H groups in total. The van der Waals surface area contributed by atoms with E-state index in [1.807, 2.05) is 24.3 Å². The van der Waals surface area contributed by atoms with E-state index in [4.69, 9.17) is 9.97 Å². The Morgan fingerprint density at radius 2 is 1.06 bits per heavy atom. The summed E-state index contributed by atoms with van der Waals surface area (Å²) in [6, 6.07) is 21.1. The van der Waals surface area contributed by atoms with Gasteiger partial charge in [-0.25, -0.2) is 9.97 Å². The third kappa shape index (κ3) is 5.35. The number of benzene rings is 3. The first-order valence-corrected chi connectivity index (χ1v) is 15.6. The lowest BCUT2D eigenvalue weighted by atomic mass is 9.85. The molecule has 0 saturated carbocycles. The van der Waals surface area contributed by atoms with E-state index in [1.165, 1.54) is 42.5 Å². The Kier molecular flexibility index (Phi) is 8.00. The first-order chi connectivity index (χ1) is 25.8. The van der Waals surface area contributed by atoms with Crippen molar-refractivity contribution in [2.45, 2.75) is 25.2 Å². The minimum atomic E-state index is -4.84. The molecule has 0 fully saturated rings. The maximum absolute atomic E-state index is 14.2. The van der Waals surface area contributed by atoms with Crippen LogP contribution in [0.2, 0.25) is 0 Å². The number of halogens is 6. The Balaban J connectivity index is 1.46. The highest BCUT2D eigenvalue weighted by atomic mass is 19.4. The van der Waals surface area contributed by atoms with Gasteiger partial charge < -0.3 is 0 Å². The molecule has 14 heteroatoms. The van der Waals surface area contributed by atoms with E-state index >= 15 is 0 Å². The van der Waals surface area contributed by atoms with Gasteiger partial charge in [-0.05, 0) is 82.1 Å². The Morgan fingerprint density at radius 3 is 1.63 bits per heavy atom. The van der Waals surface area contributed by atoms with E-state index in [2.05, 4.69) is 0 Å². The Hall–Kier alpha value is -7.78. The molecule has 0 atom stereocenters. The molecule has 7 rings (SSSR count). The van der Waals surface area contributed by atoms with Gasteiger partial charge in [0.05, 0.1) is 57.2 Å². The number of fused-ring (bicyclic) bond motifs is 5. The Bertz CT molecular complexity index is 2780. The van der Waals surface area contributed by atoms with Gasteiger partial charge in [0, 0.05) is 16.7 Å². The average Bonchev–Trinajstić information content (AvgIpc) is 3.65. The fourth-order valence-electron chi connectivity index (χ4n) is 6.98. The molecule has 8 nitrogen and oxygen atoms in total. The predicted octanol–water partition coefficient (Wildman–Crippen LogP) is 9.20. The Morgan fingerprint density at radius 1 is 0.537 bits per heavy atom. The van der Waals surface area contributed by atoms with Gasteiger partial charge in [0.15, 0.2) is 0 Å². The van der Waals surface area contributed by atoms with Crippen LogP contribution in [0.1, 0.15) is 63.3 Å². The second-order valence-corrected chi connectivity index (χ2v) is 12.1. The highest BCUT2D eigenvalue weighted by Gasteiger charge is 2.40. The second-order valence-electron chi connectivity index (χ2n) is 12.1. The summed E-state index contributed by atoms with van der Waals surface area (Å²) in [5.74, 6) is 0. The van der Waals surface area contributed by atoms with Crippen LogP contribution in [0.3, 0.4) is 0 Å². The summed E-state index contributed by atoms with van der Waals surface area (Å²) in [6.45, 7) is 0. The van der Waals surface area contributed by atoms with Gasteiger partial charge in [0.25, 0.3) is 0 Å². The predicted molar refractivity (Wildman–Crippen MR) is 178 cm³/mol. The summed E-state index contributed by atoms with van der Waals surface area (Å²) in [6.07, 6.45) is -8.10. The van der Waals surface area contributed by atoms with E-state index < -0.39 is 34.6 Å². The van der Waals surface area contributed by atoms with Crippen molar-refractivity contribution >= 4 is 22.3 Å². The highest BCUT2D eigenvalue weighted by Crippen LogP contribution is 2.53. The molecular weight excluding hydrogens is 706 g/mol. The van der Waals surface area contributed by atoms with Crippen molar-refractivity contribution in [2.75, 3.05) is 0 Å². The summed E-state index contributed by atoms with van der Waals surface area (Å²) in [4.78, 5) is 9.58. The third-order valence-electron chi connectivity index (χ3n) is 9.27. The summed E-state index contributed by atoms with van der Waals surface area (Å²) in [5, 5.41) is 58.4. The van der Waals surface area contributed by atoms with Gasteiger partial charge in [-0.1, -0.05) is 30.3 Å². The van der Waals surface area contributed by atoms with E-state index in [0.717, 1.165) is 12.1 Å². The van der Waals surface area contributed by atoms with Crippen LogP contribution < -0.4 is 0 Å². The fourth-order valence-corrected chi connectivity index (χ4v) is 6.98. The van der Waals surface area contributed by atoms with Crippen LogP contribution >= 0.6 is 0 Å². The maximum Gasteiger partial charge on any atom is 0.417 e.